The van der Waals surface area contributed by atoms with Crippen LogP contribution in [0.5, 0.6) is 0 Å². The summed E-state index contributed by atoms with van der Waals surface area (Å²) in [6, 6.07) is 68.9. The van der Waals surface area contributed by atoms with Crippen molar-refractivity contribution in [3.05, 3.63) is 182 Å². The Morgan fingerprint density at radius 3 is 0.883 bits per heavy atom. The van der Waals surface area contributed by atoms with E-state index >= 15 is 0 Å². The Morgan fingerprint density at radius 1 is 0.283 bits per heavy atom. The summed E-state index contributed by atoms with van der Waals surface area (Å²) in [5, 5.41) is 13.1. The summed E-state index contributed by atoms with van der Waals surface area (Å²) >= 11 is 0. The van der Waals surface area contributed by atoms with Gasteiger partial charge in [0.05, 0.1) is 38.2 Å². The van der Waals surface area contributed by atoms with Gasteiger partial charge in [0.2, 0.25) is 0 Å². The lowest BCUT2D eigenvalue weighted by atomic mass is 9.85. The zero-order chi connectivity index (χ0) is 40.9. The standard InChI is InChI=1S/C56H48N2Si2/c1-59(2,3)41-29-23-37(24-30-41)55-47-33-27-40(58-53-21-13-9-17-45(53)46-18-10-14-22-54(46)58)36-50(47)56(38-25-31-42(32-26-38)60(4,5)6)48-34-28-39(35-49(48)55)57-51-19-11-7-15-43(51)44-16-8-12-20-52(44)57/h7-36H,1-6H3. The molecule has 0 radical (unpaired) electrons. The van der Waals surface area contributed by atoms with E-state index in [1.807, 2.05) is 0 Å². The Hall–Kier alpha value is -6.47. The lowest BCUT2D eigenvalue weighted by Gasteiger charge is -2.22. The van der Waals surface area contributed by atoms with Gasteiger partial charge in [0.1, 0.15) is 0 Å². The van der Waals surface area contributed by atoms with E-state index in [9.17, 15) is 0 Å². The average molecular weight is 805 g/mol. The van der Waals surface area contributed by atoms with Gasteiger partial charge in [-0.25, -0.2) is 0 Å². The van der Waals surface area contributed by atoms with E-state index < -0.39 is 16.1 Å². The maximum absolute atomic E-state index is 2.47. The van der Waals surface area contributed by atoms with Crippen LogP contribution in [-0.4, -0.2) is 25.3 Å². The quantitative estimate of drug-likeness (QED) is 0.117. The van der Waals surface area contributed by atoms with Crippen LogP contribution in [0.4, 0.5) is 0 Å². The van der Waals surface area contributed by atoms with E-state index in [1.54, 1.807) is 0 Å². The van der Waals surface area contributed by atoms with Crippen LogP contribution in [0.3, 0.4) is 0 Å². The molecule has 0 fully saturated rings. The number of aromatic nitrogens is 2. The van der Waals surface area contributed by atoms with Crippen LogP contribution in [0, 0.1) is 0 Å². The van der Waals surface area contributed by atoms with Crippen LogP contribution in [0.2, 0.25) is 39.3 Å². The van der Waals surface area contributed by atoms with Gasteiger partial charge in [0, 0.05) is 32.9 Å². The molecule has 0 atom stereocenters. The highest BCUT2D eigenvalue weighted by molar-refractivity contribution is 6.89. The molecule has 9 aromatic carbocycles. The lowest BCUT2D eigenvalue weighted by Crippen LogP contribution is -2.37. The molecule has 0 aliphatic carbocycles. The molecule has 0 unspecified atom stereocenters. The SMILES string of the molecule is C[Si](C)(C)c1ccc(-c2c3ccc(-n4c5ccccc5c5ccccc54)cc3c(-c3ccc([Si](C)(C)C)cc3)c3ccc(-n4c5ccccc5c5ccccc54)cc23)cc1. The molecular formula is C56H48N2Si2. The Balaban J connectivity index is 1.28. The maximum atomic E-state index is 2.47. The molecule has 0 aliphatic heterocycles. The molecule has 0 N–H and O–H groups in total. The average Bonchev–Trinajstić information content (AvgIpc) is 3.78. The number of nitrogens with zero attached hydrogens (tertiary/aromatic N) is 2. The number of fused-ring (bicyclic) bond motifs is 8. The molecule has 11 aromatic rings. The normalized spacial score (nSPS) is 12.5. The summed E-state index contributed by atoms with van der Waals surface area (Å²) in [6.45, 7) is 14.6. The number of hydrogen-bond donors (Lipinski definition) is 0. The van der Waals surface area contributed by atoms with Gasteiger partial charge in [0.15, 0.2) is 0 Å². The lowest BCUT2D eigenvalue weighted by molar-refractivity contribution is 1.18. The summed E-state index contributed by atoms with van der Waals surface area (Å²) in [6.07, 6.45) is 0. The topological polar surface area (TPSA) is 9.86 Å². The van der Waals surface area contributed by atoms with Crippen LogP contribution >= 0.6 is 0 Å². The van der Waals surface area contributed by atoms with E-state index in [4.69, 9.17) is 0 Å². The third-order valence-electron chi connectivity index (χ3n) is 12.8. The first-order valence-corrected chi connectivity index (χ1v) is 28.3. The van der Waals surface area contributed by atoms with Gasteiger partial charge in [-0.1, -0.05) is 183 Å². The highest BCUT2D eigenvalue weighted by Gasteiger charge is 2.23. The minimum Gasteiger partial charge on any atom is -0.309 e. The Bertz CT molecular complexity index is 3140. The van der Waals surface area contributed by atoms with Crippen molar-refractivity contribution in [2.24, 2.45) is 0 Å². The van der Waals surface area contributed by atoms with Crippen molar-refractivity contribution in [2.75, 3.05) is 0 Å². The van der Waals surface area contributed by atoms with Crippen LogP contribution < -0.4 is 10.4 Å². The Kier molecular flexibility index (Phi) is 8.26. The molecule has 290 valence electrons. The molecule has 11 rings (SSSR count). The molecular weight excluding hydrogens is 757 g/mol. The van der Waals surface area contributed by atoms with E-state index in [2.05, 4.69) is 230 Å². The third-order valence-corrected chi connectivity index (χ3v) is 17.0. The Labute approximate surface area is 354 Å². The second-order valence-electron chi connectivity index (χ2n) is 18.6. The van der Waals surface area contributed by atoms with Gasteiger partial charge in [0.25, 0.3) is 0 Å². The fraction of sp³-hybridized carbons (Fsp3) is 0.107. The predicted molar refractivity (Wildman–Crippen MR) is 267 cm³/mol. The van der Waals surface area contributed by atoms with Crippen LogP contribution in [-0.2, 0) is 0 Å². The predicted octanol–water partition coefficient (Wildman–Crippen LogP) is 14.6. The molecule has 0 saturated carbocycles. The molecule has 2 nitrogen and oxygen atoms in total. The highest BCUT2D eigenvalue weighted by Crippen LogP contribution is 2.46. The number of benzene rings is 9. The van der Waals surface area contributed by atoms with Crippen molar-refractivity contribution in [3.63, 3.8) is 0 Å². The summed E-state index contributed by atoms with van der Waals surface area (Å²) < 4.78 is 4.92. The number of para-hydroxylation sites is 4. The van der Waals surface area contributed by atoms with E-state index in [-0.39, 0.29) is 0 Å². The zero-order valence-electron chi connectivity index (χ0n) is 35.2. The molecule has 0 aliphatic rings. The highest BCUT2D eigenvalue weighted by atomic mass is 28.3. The molecule has 0 spiro atoms. The van der Waals surface area contributed by atoms with Crippen molar-refractivity contribution in [2.45, 2.75) is 39.3 Å². The molecule has 2 aromatic heterocycles. The van der Waals surface area contributed by atoms with Crippen molar-refractivity contribution in [1.29, 1.82) is 0 Å². The van der Waals surface area contributed by atoms with Gasteiger partial charge < -0.3 is 9.13 Å². The van der Waals surface area contributed by atoms with E-state index in [1.165, 1.54) is 109 Å². The smallest absolute Gasteiger partial charge is 0.0775 e. The van der Waals surface area contributed by atoms with Gasteiger partial charge in [-0.05, 0) is 92.3 Å². The molecule has 0 bridgehead atoms. The van der Waals surface area contributed by atoms with Crippen LogP contribution in [0.15, 0.2) is 182 Å². The van der Waals surface area contributed by atoms with Crippen LogP contribution in [0.25, 0.3) is 98.8 Å². The van der Waals surface area contributed by atoms with E-state index in [0.717, 1.165) is 0 Å². The molecule has 0 saturated heterocycles. The van der Waals surface area contributed by atoms with Gasteiger partial charge in [-0.15, -0.1) is 0 Å². The monoisotopic (exact) mass is 804 g/mol. The molecule has 2 heterocycles. The maximum Gasteiger partial charge on any atom is 0.0775 e. The van der Waals surface area contributed by atoms with Gasteiger partial charge in [-0.3, -0.25) is 0 Å². The first-order valence-electron chi connectivity index (χ1n) is 21.3. The van der Waals surface area contributed by atoms with Gasteiger partial charge in [-0.2, -0.15) is 0 Å². The zero-order valence-corrected chi connectivity index (χ0v) is 37.2. The first kappa shape index (κ1) is 36.6. The largest absolute Gasteiger partial charge is 0.309 e. The van der Waals surface area contributed by atoms with E-state index in [0.29, 0.717) is 0 Å². The van der Waals surface area contributed by atoms with Crippen molar-refractivity contribution >= 4 is 91.7 Å². The van der Waals surface area contributed by atoms with Gasteiger partial charge >= 0.3 is 0 Å². The summed E-state index contributed by atoms with van der Waals surface area (Å²) in [7, 11) is -3.04. The fourth-order valence-electron chi connectivity index (χ4n) is 9.78. The molecule has 4 heteroatoms. The molecule has 60 heavy (non-hydrogen) atoms. The first-order chi connectivity index (χ1) is 29.0. The number of rotatable bonds is 6. The summed E-state index contributed by atoms with van der Waals surface area (Å²) in [5.74, 6) is 0. The van der Waals surface area contributed by atoms with Crippen LogP contribution in [0.1, 0.15) is 0 Å². The fourth-order valence-corrected chi connectivity index (χ4v) is 12.1. The van der Waals surface area contributed by atoms with Crippen molar-refractivity contribution in [3.8, 4) is 33.6 Å². The molecule has 0 amide bonds. The second-order valence-corrected chi connectivity index (χ2v) is 28.8. The summed E-state index contributed by atoms with van der Waals surface area (Å²) in [4.78, 5) is 0. The van der Waals surface area contributed by atoms with Crippen molar-refractivity contribution in [1.82, 2.24) is 9.13 Å². The Morgan fingerprint density at radius 2 is 0.583 bits per heavy atom. The van der Waals surface area contributed by atoms with Crippen molar-refractivity contribution < 1.29 is 0 Å². The minimum absolute atomic E-state index is 1.17. The third kappa shape index (κ3) is 5.73. The second kappa shape index (κ2) is 13.5. The minimum atomic E-state index is -1.52. The number of hydrogen-bond acceptors (Lipinski definition) is 0. The summed E-state index contributed by atoms with van der Waals surface area (Å²) in [5.41, 5.74) is 12.3.